The fraction of sp³-hybridized carbons (Fsp3) is 0.238. The summed E-state index contributed by atoms with van der Waals surface area (Å²) in [6, 6.07) is 7.97. The molecule has 0 aromatic heterocycles. The van der Waals surface area contributed by atoms with E-state index in [0.717, 1.165) is 5.56 Å². The third-order valence-corrected chi connectivity index (χ3v) is 4.28. The third-order valence-electron chi connectivity index (χ3n) is 3.41. The maximum atomic E-state index is 12.9. The summed E-state index contributed by atoms with van der Waals surface area (Å²) in [6.45, 7) is 6.30. The first-order valence-electron chi connectivity index (χ1n) is 8.19. The summed E-state index contributed by atoms with van der Waals surface area (Å²) in [7, 11) is -1.53. The zero-order valence-electron chi connectivity index (χ0n) is 15.3. The number of benzene rings is 2. The lowest BCUT2D eigenvalue weighted by Crippen LogP contribution is -2.16. The SMILES string of the molecule is C[Si](C)(C)C#Cc1ccc(C#Cc2cc(C(F)(F)F)cc(C(F)(F)F)c2)cc1. The summed E-state index contributed by atoms with van der Waals surface area (Å²) in [5.41, 5.74) is 1.30. The van der Waals surface area contributed by atoms with Gasteiger partial charge >= 0.3 is 12.4 Å². The second-order valence-electron chi connectivity index (χ2n) is 7.12. The Morgan fingerprint density at radius 2 is 1.00 bits per heavy atom. The van der Waals surface area contributed by atoms with Crippen LogP contribution in [0.2, 0.25) is 19.6 Å². The van der Waals surface area contributed by atoms with Gasteiger partial charge in [-0.25, -0.2) is 0 Å². The molecule has 146 valence electrons. The van der Waals surface area contributed by atoms with E-state index in [2.05, 4.69) is 42.9 Å². The minimum atomic E-state index is -4.89. The van der Waals surface area contributed by atoms with Gasteiger partial charge in [-0.05, 0) is 42.5 Å². The van der Waals surface area contributed by atoms with Gasteiger partial charge in [-0.15, -0.1) is 5.54 Å². The van der Waals surface area contributed by atoms with Crippen molar-refractivity contribution < 1.29 is 26.3 Å². The van der Waals surface area contributed by atoms with Gasteiger partial charge < -0.3 is 0 Å². The maximum absolute atomic E-state index is 12.9. The molecular formula is C21H16F6Si. The van der Waals surface area contributed by atoms with Crippen LogP contribution in [0, 0.1) is 23.3 Å². The Balaban J connectivity index is 2.36. The van der Waals surface area contributed by atoms with Crippen molar-refractivity contribution in [1.29, 1.82) is 0 Å². The van der Waals surface area contributed by atoms with Crippen molar-refractivity contribution >= 4 is 8.07 Å². The van der Waals surface area contributed by atoms with Crippen LogP contribution in [0.15, 0.2) is 42.5 Å². The lowest BCUT2D eigenvalue weighted by atomic mass is 10.0. The van der Waals surface area contributed by atoms with E-state index in [1.165, 1.54) is 0 Å². The maximum Gasteiger partial charge on any atom is 0.416 e. The van der Waals surface area contributed by atoms with Gasteiger partial charge in [0.2, 0.25) is 0 Å². The van der Waals surface area contributed by atoms with Gasteiger partial charge in [0.05, 0.1) is 11.1 Å². The number of alkyl halides is 6. The Morgan fingerprint density at radius 3 is 1.39 bits per heavy atom. The number of hydrogen-bond donors (Lipinski definition) is 0. The highest BCUT2D eigenvalue weighted by Gasteiger charge is 2.36. The van der Waals surface area contributed by atoms with Crippen molar-refractivity contribution in [2.75, 3.05) is 0 Å². The van der Waals surface area contributed by atoms with Crippen LogP contribution in [0.25, 0.3) is 0 Å². The number of halogens is 6. The van der Waals surface area contributed by atoms with Crippen LogP contribution in [0.5, 0.6) is 0 Å². The quantitative estimate of drug-likeness (QED) is 0.270. The topological polar surface area (TPSA) is 0 Å². The normalized spacial score (nSPS) is 11.9. The first-order valence-corrected chi connectivity index (χ1v) is 11.7. The molecule has 0 aliphatic rings. The highest BCUT2D eigenvalue weighted by Crippen LogP contribution is 2.36. The summed E-state index contributed by atoms with van der Waals surface area (Å²) in [5, 5.41) is 0. The van der Waals surface area contributed by atoms with Crippen LogP contribution in [0.1, 0.15) is 27.8 Å². The number of rotatable bonds is 0. The second-order valence-corrected chi connectivity index (χ2v) is 11.9. The van der Waals surface area contributed by atoms with E-state index in [4.69, 9.17) is 0 Å². The van der Waals surface area contributed by atoms with Crippen LogP contribution < -0.4 is 0 Å². The van der Waals surface area contributed by atoms with Gasteiger partial charge in [-0.3, -0.25) is 0 Å². The molecule has 0 atom stereocenters. The first-order chi connectivity index (χ1) is 12.7. The molecule has 2 rings (SSSR count). The summed E-state index contributed by atoms with van der Waals surface area (Å²) < 4.78 is 77.2. The minimum absolute atomic E-state index is 0.0805. The highest BCUT2D eigenvalue weighted by atomic mass is 28.3. The Labute approximate surface area is 160 Å². The van der Waals surface area contributed by atoms with E-state index in [9.17, 15) is 26.3 Å². The van der Waals surface area contributed by atoms with Crippen molar-refractivity contribution in [3.05, 3.63) is 70.3 Å². The fourth-order valence-corrected chi connectivity index (χ4v) is 2.59. The molecule has 0 fully saturated rings. The molecule has 0 aliphatic heterocycles. The summed E-state index contributed by atoms with van der Waals surface area (Å²) in [5.74, 6) is 8.02. The van der Waals surface area contributed by atoms with Gasteiger partial charge in [0.15, 0.2) is 0 Å². The zero-order chi connectivity index (χ0) is 21.2. The summed E-state index contributed by atoms with van der Waals surface area (Å²) >= 11 is 0. The van der Waals surface area contributed by atoms with Gasteiger partial charge in [-0.2, -0.15) is 26.3 Å². The van der Waals surface area contributed by atoms with Gasteiger partial charge in [0.1, 0.15) is 8.07 Å². The van der Waals surface area contributed by atoms with E-state index in [1.54, 1.807) is 24.3 Å². The molecule has 28 heavy (non-hydrogen) atoms. The molecule has 0 amide bonds. The van der Waals surface area contributed by atoms with Crippen LogP contribution in [0.3, 0.4) is 0 Å². The average molecular weight is 410 g/mol. The molecular weight excluding hydrogens is 394 g/mol. The minimum Gasteiger partial charge on any atom is -0.166 e. The van der Waals surface area contributed by atoms with E-state index in [0.29, 0.717) is 17.7 Å². The van der Waals surface area contributed by atoms with Crippen LogP contribution >= 0.6 is 0 Å². The monoisotopic (exact) mass is 410 g/mol. The molecule has 0 aliphatic carbocycles. The Bertz CT molecular complexity index is 937. The van der Waals surface area contributed by atoms with E-state index in [1.807, 2.05) is 0 Å². The fourth-order valence-electron chi connectivity index (χ4n) is 2.07. The van der Waals surface area contributed by atoms with Crippen molar-refractivity contribution in [1.82, 2.24) is 0 Å². The first kappa shape index (κ1) is 21.7. The second kappa shape index (κ2) is 7.77. The summed E-state index contributed by atoms with van der Waals surface area (Å²) in [4.78, 5) is 0. The predicted octanol–water partition coefficient (Wildman–Crippen LogP) is 6.35. The molecule has 0 N–H and O–H groups in total. The van der Waals surface area contributed by atoms with Gasteiger partial charge in [0, 0.05) is 16.7 Å². The third kappa shape index (κ3) is 6.51. The largest absolute Gasteiger partial charge is 0.416 e. The van der Waals surface area contributed by atoms with Gasteiger partial charge in [-0.1, -0.05) is 37.4 Å². The van der Waals surface area contributed by atoms with Crippen molar-refractivity contribution in [3.8, 4) is 23.3 Å². The molecule has 0 unspecified atom stereocenters. The van der Waals surface area contributed by atoms with Gasteiger partial charge in [0.25, 0.3) is 0 Å². The molecule has 2 aromatic carbocycles. The number of hydrogen-bond acceptors (Lipinski definition) is 0. The Kier molecular flexibility index (Phi) is 6.01. The smallest absolute Gasteiger partial charge is 0.166 e. The predicted molar refractivity (Wildman–Crippen MR) is 99.1 cm³/mol. The lowest BCUT2D eigenvalue weighted by Gasteiger charge is -2.12. The molecule has 7 heteroatoms. The molecule has 0 saturated heterocycles. The van der Waals surface area contributed by atoms with Crippen LogP contribution in [0.4, 0.5) is 26.3 Å². The molecule has 2 aromatic rings. The molecule has 0 saturated carbocycles. The molecule has 0 spiro atoms. The van der Waals surface area contributed by atoms with Crippen LogP contribution in [-0.4, -0.2) is 8.07 Å². The van der Waals surface area contributed by atoms with Crippen molar-refractivity contribution in [2.45, 2.75) is 32.0 Å². The van der Waals surface area contributed by atoms with E-state index in [-0.39, 0.29) is 11.6 Å². The van der Waals surface area contributed by atoms with E-state index < -0.39 is 31.6 Å². The lowest BCUT2D eigenvalue weighted by molar-refractivity contribution is -0.143. The Morgan fingerprint density at radius 1 is 0.607 bits per heavy atom. The van der Waals surface area contributed by atoms with Crippen molar-refractivity contribution in [3.63, 3.8) is 0 Å². The van der Waals surface area contributed by atoms with Crippen LogP contribution in [-0.2, 0) is 12.4 Å². The molecule has 0 bridgehead atoms. The molecule has 0 nitrogen and oxygen atoms in total. The summed E-state index contributed by atoms with van der Waals surface area (Å²) in [6.07, 6.45) is -9.79. The Hall–Kier alpha value is -2.64. The standard InChI is InChI=1S/C21H16F6Si/c1-28(2,3)11-10-16-6-4-15(5-7-16)8-9-17-12-18(20(22,23)24)14-19(13-17)21(25,26)27/h4-7,12-14H,1-3H3. The van der Waals surface area contributed by atoms with E-state index >= 15 is 0 Å². The average Bonchev–Trinajstić information content (AvgIpc) is 2.56. The highest BCUT2D eigenvalue weighted by molar-refractivity contribution is 6.83. The zero-order valence-corrected chi connectivity index (χ0v) is 16.3. The molecule has 0 radical (unpaired) electrons. The van der Waals surface area contributed by atoms with Crippen molar-refractivity contribution in [2.24, 2.45) is 0 Å². The molecule has 0 heterocycles.